The molecule has 0 fully saturated rings. The molecule has 106 valence electrons. The number of pyridine rings is 2. The van der Waals surface area contributed by atoms with Crippen molar-refractivity contribution in [3.8, 4) is 0 Å². The molecule has 2 heterocycles. The Bertz CT molecular complexity index is 741. The lowest BCUT2D eigenvalue weighted by Crippen LogP contribution is -2.10. The molecule has 0 spiro atoms. The highest BCUT2D eigenvalue weighted by molar-refractivity contribution is 6.33. The topological polar surface area (TPSA) is 135 Å². The fourth-order valence-corrected chi connectivity index (χ4v) is 1.45. The van der Waals surface area contributed by atoms with Crippen LogP contribution in [0.1, 0.15) is 0 Å². The summed E-state index contributed by atoms with van der Waals surface area (Å²) in [6.45, 7) is 0. The smallest absolute Gasteiger partial charge is 0.352 e. The molecule has 20 heavy (non-hydrogen) atoms. The van der Waals surface area contributed by atoms with E-state index in [1.165, 1.54) is 24.5 Å². The molecule has 0 atom stereocenters. The van der Waals surface area contributed by atoms with Gasteiger partial charge in [0, 0.05) is 12.4 Å². The Morgan fingerprint density at radius 3 is 1.90 bits per heavy atom. The minimum absolute atomic E-state index is 0.0687. The summed E-state index contributed by atoms with van der Waals surface area (Å²) in [5.74, 6) is 0. The number of hydrogen-bond donors (Lipinski definition) is 3. The Morgan fingerprint density at radius 2 is 1.55 bits per heavy atom. The third-order valence-corrected chi connectivity index (χ3v) is 2.65. The Hall–Kier alpha value is -2.32. The van der Waals surface area contributed by atoms with Crippen molar-refractivity contribution >= 4 is 34.6 Å². The van der Waals surface area contributed by atoms with Crippen molar-refractivity contribution in [1.29, 1.82) is 0 Å². The molecule has 0 bridgehead atoms. The summed E-state index contributed by atoms with van der Waals surface area (Å²) in [5.41, 5.74) is 3.52. The van der Waals surface area contributed by atoms with E-state index in [0.717, 1.165) is 0 Å². The number of anilines is 1. The second kappa shape index (κ2) is 6.73. The van der Waals surface area contributed by atoms with Gasteiger partial charge in [-0.1, -0.05) is 23.2 Å². The SMILES string of the molecule is Nc1c(Cl)cc[nH]c1=O.O=c1[nH]ccc(Cl)c1[N+](=O)[O-]. The van der Waals surface area contributed by atoms with Crippen LogP contribution in [0.2, 0.25) is 10.0 Å². The van der Waals surface area contributed by atoms with E-state index >= 15 is 0 Å². The van der Waals surface area contributed by atoms with Crippen molar-refractivity contribution in [3.05, 3.63) is 65.4 Å². The van der Waals surface area contributed by atoms with Gasteiger partial charge in [-0.05, 0) is 12.1 Å². The monoisotopic (exact) mass is 318 g/mol. The number of nitrogens with one attached hydrogen (secondary N) is 2. The third-order valence-electron chi connectivity index (χ3n) is 2.01. The quantitative estimate of drug-likeness (QED) is 0.541. The van der Waals surface area contributed by atoms with Gasteiger partial charge < -0.3 is 15.7 Å². The average molecular weight is 319 g/mol. The predicted octanol–water partition coefficient (Wildman–Crippen LogP) is 1.55. The summed E-state index contributed by atoms with van der Waals surface area (Å²) in [4.78, 5) is 35.1. The molecule has 0 saturated heterocycles. The molecule has 0 amide bonds. The molecule has 0 aliphatic carbocycles. The van der Waals surface area contributed by atoms with E-state index in [0.29, 0.717) is 5.02 Å². The van der Waals surface area contributed by atoms with Crippen LogP contribution in [-0.2, 0) is 0 Å². The molecule has 8 nitrogen and oxygen atoms in total. The highest BCUT2D eigenvalue weighted by atomic mass is 35.5. The molecule has 0 aliphatic rings. The summed E-state index contributed by atoms with van der Waals surface area (Å²) in [6, 6.07) is 2.78. The first kappa shape index (κ1) is 15.7. The van der Waals surface area contributed by atoms with E-state index in [1.54, 1.807) is 0 Å². The van der Waals surface area contributed by atoms with Crippen LogP contribution in [0.25, 0.3) is 0 Å². The number of rotatable bonds is 1. The van der Waals surface area contributed by atoms with Crippen molar-refractivity contribution in [3.63, 3.8) is 0 Å². The van der Waals surface area contributed by atoms with E-state index < -0.39 is 16.2 Å². The zero-order valence-corrected chi connectivity index (χ0v) is 11.2. The minimum Gasteiger partial charge on any atom is -0.393 e. The van der Waals surface area contributed by atoms with E-state index in [4.69, 9.17) is 28.9 Å². The number of nitrogens with zero attached hydrogens (tertiary/aromatic N) is 1. The first-order chi connectivity index (χ1) is 9.34. The van der Waals surface area contributed by atoms with Crippen molar-refractivity contribution < 1.29 is 4.92 Å². The van der Waals surface area contributed by atoms with E-state index in [2.05, 4.69) is 9.97 Å². The van der Waals surface area contributed by atoms with Crippen LogP contribution in [-0.4, -0.2) is 14.9 Å². The Labute approximate surface area is 121 Å². The second-order valence-electron chi connectivity index (χ2n) is 3.33. The molecule has 2 aromatic rings. The van der Waals surface area contributed by atoms with Gasteiger partial charge in [0.2, 0.25) is 0 Å². The van der Waals surface area contributed by atoms with Gasteiger partial charge in [-0.3, -0.25) is 19.7 Å². The van der Waals surface area contributed by atoms with E-state index in [9.17, 15) is 19.7 Å². The number of nitrogens with two attached hydrogens (primary N) is 1. The first-order valence-corrected chi connectivity index (χ1v) is 5.74. The zero-order chi connectivity index (χ0) is 15.3. The largest absolute Gasteiger partial charge is 0.393 e. The van der Waals surface area contributed by atoms with Gasteiger partial charge in [0.15, 0.2) is 0 Å². The van der Waals surface area contributed by atoms with Gasteiger partial charge in [-0.2, -0.15) is 0 Å². The molecule has 0 radical (unpaired) electrons. The van der Waals surface area contributed by atoms with Crippen LogP contribution >= 0.6 is 23.2 Å². The lowest BCUT2D eigenvalue weighted by molar-refractivity contribution is -0.386. The maximum Gasteiger partial charge on any atom is 0.352 e. The molecule has 0 unspecified atom stereocenters. The molecule has 0 saturated carbocycles. The van der Waals surface area contributed by atoms with Gasteiger partial charge in [0.1, 0.15) is 10.7 Å². The van der Waals surface area contributed by atoms with Gasteiger partial charge in [-0.25, -0.2) is 0 Å². The zero-order valence-electron chi connectivity index (χ0n) is 9.72. The van der Waals surface area contributed by atoms with Crippen LogP contribution in [0.4, 0.5) is 11.4 Å². The highest BCUT2D eigenvalue weighted by Crippen LogP contribution is 2.16. The Kier molecular flexibility index (Phi) is 5.30. The van der Waals surface area contributed by atoms with Gasteiger partial charge in [0.25, 0.3) is 5.56 Å². The molecular weight excluding hydrogens is 311 g/mol. The summed E-state index contributed by atoms with van der Waals surface area (Å²) >= 11 is 10.8. The maximum absolute atomic E-state index is 10.7. The highest BCUT2D eigenvalue weighted by Gasteiger charge is 2.16. The summed E-state index contributed by atoms with van der Waals surface area (Å²) in [6.07, 6.45) is 2.69. The average Bonchev–Trinajstić information content (AvgIpc) is 2.36. The number of hydrogen-bond acceptors (Lipinski definition) is 5. The van der Waals surface area contributed by atoms with Gasteiger partial charge >= 0.3 is 11.2 Å². The Morgan fingerprint density at radius 1 is 1.05 bits per heavy atom. The molecule has 10 heteroatoms. The van der Waals surface area contributed by atoms with Crippen LogP contribution in [0, 0.1) is 10.1 Å². The van der Waals surface area contributed by atoms with Crippen LogP contribution in [0.5, 0.6) is 0 Å². The van der Waals surface area contributed by atoms with Crippen LogP contribution in [0.3, 0.4) is 0 Å². The molecular formula is C10H8Cl2N4O4. The summed E-state index contributed by atoms with van der Waals surface area (Å²) in [5, 5.41) is 10.3. The van der Waals surface area contributed by atoms with E-state index in [-0.39, 0.29) is 16.3 Å². The van der Waals surface area contributed by atoms with Crippen LogP contribution < -0.4 is 16.9 Å². The molecule has 0 aliphatic heterocycles. The molecule has 2 aromatic heterocycles. The standard InChI is InChI=1S/C5H3ClN2O3.C5H5ClN2O/c6-3-1-2-7-5(9)4(3)8(10)11;6-3-1-2-8-5(9)4(3)7/h1-2H,(H,7,9);1-2H,7H2,(H,8,9). The fourth-order valence-electron chi connectivity index (χ4n) is 1.08. The first-order valence-electron chi connectivity index (χ1n) is 4.99. The molecule has 2 rings (SSSR count). The number of H-pyrrole nitrogens is 2. The van der Waals surface area contributed by atoms with Gasteiger partial charge in [-0.15, -0.1) is 0 Å². The molecule has 4 N–H and O–H groups in total. The lowest BCUT2D eigenvalue weighted by Gasteiger charge is -1.91. The normalized spacial score (nSPS) is 9.50. The van der Waals surface area contributed by atoms with Crippen molar-refractivity contribution in [2.24, 2.45) is 0 Å². The predicted molar refractivity (Wildman–Crippen MR) is 75.2 cm³/mol. The number of nitro groups is 1. The minimum atomic E-state index is -0.818. The van der Waals surface area contributed by atoms with Crippen molar-refractivity contribution in [2.75, 3.05) is 5.73 Å². The lowest BCUT2D eigenvalue weighted by atomic mass is 10.4. The maximum atomic E-state index is 10.7. The third kappa shape index (κ3) is 3.84. The number of aromatic amines is 2. The number of aromatic nitrogens is 2. The number of nitrogen functional groups attached to an aromatic ring is 1. The van der Waals surface area contributed by atoms with Crippen molar-refractivity contribution in [2.45, 2.75) is 0 Å². The van der Waals surface area contributed by atoms with E-state index in [1.807, 2.05) is 0 Å². The molecule has 0 aromatic carbocycles. The number of halogens is 2. The summed E-state index contributed by atoms with van der Waals surface area (Å²) < 4.78 is 0. The van der Waals surface area contributed by atoms with Gasteiger partial charge in [0.05, 0.1) is 9.95 Å². The second-order valence-corrected chi connectivity index (χ2v) is 4.14. The Balaban J connectivity index is 0.000000204. The summed E-state index contributed by atoms with van der Waals surface area (Å²) in [7, 11) is 0. The van der Waals surface area contributed by atoms with Crippen molar-refractivity contribution in [1.82, 2.24) is 9.97 Å². The van der Waals surface area contributed by atoms with Crippen LogP contribution in [0.15, 0.2) is 34.1 Å². The fraction of sp³-hybridized carbons (Fsp3) is 0.